The molecule has 0 saturated heterocycles. The molecule has 0 aliphatic heterocycles. The lowest BCUT2D eigenvalue weighted by Gasteiger charge is -2.41. The van der Waals surface area contributed by atoms with E-state index >= 15 is 0 Å². The zero-order valence-corrected chi connectivity index (χ0v) is 12.0. The third-order valence-electron chi connectivity index (χ3n) is 3.91. The van der Waals surface area contributed by atoms with Crippen LogP contribution in [0.25, 0.3) is 0 Å². The third-order valence-corrected chi connectivity index (χ3v) is 3.91. The Hall–Kier alpha value is -0.120. The van der Waals surface area contributed by atoms with Gasteiger partial charge in [0.1, 0.15) is 0 Å². The van der Waals surface area contributed by atoms with Gasteiger partial charge in [-0.3, -0.25) is 11.3 Å². The first-order valence-electron chi connectivity index (χ1n) is 7.08. The molecule has 3 nitrogen and oxygen atoms in total. The molecule has 0 aromatic heterocycles. The lowest BCUT2D eigenvalue weighted by atomic mass is 9.75. The zero-order valence-electron chi connectivity index (χ0n) is 12.0. The van der Waals surface area contributed by atoms with Crippen LogP contribution in [0.1, 0.15) is 59.8 Å². The van der Waals surface area contributed by atoms with Crippen molar-refractivity contribution in [2.24, 2.45) is 17.2 Å². The number of nitrogens with two attached hydrogens (primary N) is 1. The SMILES string of the molecule is CCOC(C1CCCCC1)C(NN)C(C)(C)C. The Morgan fingerprint density at radius 2 is 1.82 bits per heavy atom. The van der Waals surface area contributed by atoms with E-state index in [0.29, 0.717) is 5.92 Å². The van der Waals surface area contributed by atoms with Crippen LogP contribution in [0.2, 0.25) is 0 Å². The van der Waals surface area contributed by atoms with Crippen LogP contribution in [-0.2, 0) is 4.74 Å². The molecule has 0 heterocycles. The lowest BCUT2D eigenvalue weighted by Crippen LogP contribution is -2.55. The summed E-state index contributed by atoms with van der Waals surface area (Å²) in [5, 5.41) is 0. The Morgan fingerprint density at radius 3 is 2.24 bits per heavy atom. The van der Waals surface area contributed by atoms with Gasteiger partial charge in [-0.1, -0.05) is 40.0 Å². The van der Waals surface area contributed by atoms with E-state index in [1.54, 1.807) is 0 Å². The van der Waals surface area contributed by atoms with Crippen LogP contribution >= 0.6 is 0 Å². The molecule has 0 bridgehead atoms. The van der Waals surface area contributed by atoms with Gasteiger partial charge in [0.25, 0.3) is 0 Å². The number of hydrogen-bond acceptors (Lipinski definition) is 3. The summed E-state index contributed by atoms with van der Waals surface area (Å²) >= 11 is 0. The van der Waals surface area contributed by atoms with E-state index in [-0.39, 0.29) is 17.6 Å². The summed E-state index contributed by atoms with van der Waals surface area (Å²) in [4.78, 5) is 0. The van der Waals surface area contributed by atoms with Crippen molar-refractivity contribution in [1.29, 1.82) is 0 Å². The van der Waals surface area contributed by atoms with Crippen molar-refractivity contribution in [3.05, 3.63) is 0 Å². The molecule has 1 saturated carbocycles. The standard InChI is InChI=1S/C14H30N2O/c1-5-17-12(11-9-7-6-8-10-11)13(16-15)14(2,3)4/h11-13,16H,5-10,15H2,1-4H3. The molecule has 17 heavy (non-hydrogen) atoms. The fourth-order valence-electron chi connectivity index (χ4n) is 3.00. The fraction of sp³-hybridized carbons (Fsp3) is 1.00. The summed E-state index contributed by atoms with van der Waals surface area (Å²) in [5.41, 5.74) is 3.13. The van der Waals surface area contributed by atoms with Gasteiger partial charge in [-0.05, 0) is 31.1 Å². The zero-order chi connectivity index (χ0) is 12.9. The molecule has 3 N–H and O–H groups in total. The van der Waals surface area contributed by atoms with Crippen LogP contribution in [0.4, 0.5) is 0 Å². The van der Waals surface area contributed by atoms with Gasteiger partial charge in [0.2, 0.25) is 0 Å². The van der Waals surface area contributed by atoms with Crippen LogP contribution in [0.3, 0.4) is 0 Å². The second kappa shape index (κ2) is 6.72. The van der Waals surface area contributed by atoms with Gasteiger partial charge in [-0.2, -0.15) is 0 Å². The van der Waals surface area contributed by atoms with Crippen LogP contribution in [0.15, 0.2) is 0 Å². The van der Waals surface area contributed by atoms with Crippen molar-refractivity contribution in [1.82, 2.24) is 5.43 Å². The number of nitrogens with one attached hydrogen (secondary N) is 1. The molecular weight excluding hydrogens is 212 g/mol. The largest absolute Gasteiger partial charge is 0.377 e. The Labute approximate surface area is 106 Å². The maximum Gasteiger partial charge on any atom is 0.0774 e. The molecule has 1 aliphatic rings. The van der Waals surface area contributed by atoms with Gasteiger partial charge in [0.05, 0.1) is 12.1 Å². The predicted octanol–water partition coefficient (Wildman–Crippen LogP) is 2.85. The lowest BCUT2D eigenvalue weighted by molar-refractivity contribution is -0.0431. The Morgan fingerprint density at radius 1 is 1.24 bits per heavy atom. The molecule has 0 radical (unpaired) electrons. The minimum atomic E-state index is 0.131. The molecule has 0 aromatic rings. The van der Waals surface area contributed by atoms with E-state index in [1.165, 1.54) is 32.1 Å². The van der Waals surface area contributed by atoms with Crippen LogP contribution < -0.4 is 11.3 Å². The second-order valence-electron chi connectivity index (χ2n) is 6.33. The number of hydrogen-bond donors (Lipinski definition) is 2. The monoisotopic (exact) mass is 242 g/mol. The third kappa shape index (κ3) is 4.23. The molecule has 1 rings (SSSR count). The first kappa shape index (κ1) is 14.9. The van der Waals surface area contributed by atoms with Gasteiger partial charge >= 0.3 is 0 Å². The number of ether oxygens (including phenoxy) is 1. The van der Waals surface area contributed by atoms with Gasteiger partial charge in [0, 0.05) is 6.61 Å². The second-order valence-corrected chi connectivity index (χ2v) is 6.33. The van der Waals surface area contributed by atoms with Crippen molar-refractivity contribution < 1.29 is 4.74 Å². The molecule has 0 spiro atoms. The summed E-state index contributed by atoms with van der Waals surface area (Å²) < 4.78 is 6.02. The molecule has 1 aliphatic carbocycles. The van der Waals surface area contributed by atoms with Crippen molar-refractivity contribution in [3.63, 3.8) is 0 Å². The molecule has 102 valence electrons. The molecule has 1 fully saturated rings. The highest BCUT2D eigenvalue weighted by Crippen LogP contribution is 2.34. The van der Waals surface area contributed by atoms with E-state index < -0.39 is 0 Å². The predicted molar refractivity (Wildman–Crippen MR) is 72.6 cm³/mol. The van der Waals surface area contributed by atoms with Crippen molar-refractivity contribution in [2.75, 3.05) is 6.61 Å². The highest BCUT2D eigenvalue weighted by Gasteiger charge is 2.37. The first-order valence-corrected chi connectivity index (χ1v) is 7.08. The summed E-state index contributed by atoms with van der Waals surface area (Å²) in [5.74, 6) is 6.44. The summed E-state index contributed by atoms with van der Waals surface area (Å²) in [6.07, 6.45) is 6.90. The Balaban J connectivity index is 2.74. The van der Waals surface area contributed by atoms with Crippen molar-refractivity contribution in [3.8, 4) is 0 Å². The smallest absolute Gasteiger partial charge is 0.0774 e. The van der Waals surface area contributed by atoms with E-state index in [4.69, 9.17) is 10.6 Å². The van der Waals surface area contributed by atoms with Crippen LogP contribution in [0.5, 0.6) is 0 Å². The molecule has 0 amide bonds. The van der Waals surface area contributed by atoms with Gasteiger partial charge in [0.15, 0.2) is 0 Å². The van der Waals surface area contributed by atoms with Crippen LogP contribution in [-0.4, -0.2) is 18.8 Å². The fourth-order valence-corrected chi connectivity index (χ4v) is 3.00. The topological polar surface area (TPSA) is 47.3 Å². The van der Waals surface area contributed by atoms with Gasteiger partial charge in [-0.25, -0.2) is 0 Å². The molecule has 3 heteroatoms. The molecular formula is C14H30N2O. The Kier molecular flexibility index (Phi) is 5.90. The highest BCUT2D eigenvalue weighted by atomic mass is 16.5. The summed E-state index contributed by atoms with van der Waals surface area (Å²) in [6, 6.07) is 0.227. The summed E-state index contributed by atoms with van der Waals surface area (Å²) in [6.45, 7) is 9.53. The number of rotatable bonds is 5. The van der Waals surface area contributed by atoms with Crippen LogP contribution in [0, 0.1) is 11.3 Å². The molecule has 2 unspecified atom stereocenters. The minimum absolute atomic E-state index is 0.131. The van der Waals surface area contributed by atoms with Gasteiger partial charge < -0.3 is 4.74 Å². The maximum absolute atomic E-state index is 6.02. The number of hydrazine groups is 1. The quantitative estimate of drug-likeness (QED) is 0.575. The van der Waals surface area contributed by atoms with E-state index in [2.05, 4.69) is 33.1 Å². The Bertz CT molecular complexity index is 207. The van der Waals surface area contributed by atoms with Crippen molar-refractivity contribution >= 4 is 0 Å². The molecule has 0 aromatic carbocycles. The average Bonchev–Trinajstić information content (AvgIpc) is 2.28. The van der Waals surface area contributed by atoms with E-state index in [0.717, 1.165) is 6.61 Å². The van der Waals surface area contributed by atoms with Gasteiger partial charge in [-0.15, -0.1) is 0 Å². The first-order chi connectivity index (χ1) is 8.00. The maximum atomic E-state index is 6.02. The minimum Gasteiger partial charge on any atom is -0.377 e. The highest BCUT2D eigenvalue weighted by molar-refractivity contribution is 4.90. The normalized spacial score (nSPS) is 22.4. The van der Waals surface area contributed by atoms with E-state index in [9.17, 15) is 0 Å². The average molecular weight is 242 g/mol. The van der Waals surface area contributed by atoms with E-state index in [1.807, 2.05) is 0 Å². The van der Waals surface area contributed by atoms with Crippen molar-refractivity contribution in [2.45, 2.75) is 71.9 Å². The molecule has 2 atom stereocenters. The summed E-state index contributed by atoms with van der Waals surface area (Å²) in [7, 11) is 0.